The fraction of sp³-hybridized carbons (Fsp3) is 0.588. The number of carbonyl (C=O) groups excluding carboxylic acids is 1. The molecule has 5 nitrogen and oxygen atoms in total. The second-order valence-electron chi connectivity index (χ2n) is 6.12. The van der Waals surface area contributed by atoms with Gasteiger partial charge in [0.15, 0.2) is 6.10 Å². The number of piperazine rings is 1. The predicted molar refractivity (Wildman–Crippen MR) is 98.1 cm³/mol. The molecule has 1 atom stereocenters. The Morgan fingerprint density at radius 3 is 2.67 bits per heavy atom. The normalized spacial score (nSPS) is 17.5. The number of carbonyl (C=O) groups is 1. The fourth-order valence-corrected chi connectivity index (χ4v) is 3.00. The molecule has 1 aromatic carbocycles. The van der Waals surface area contributed by atoms with Crippen LogP contribution in [0.3, 0.4) is 0 Å². The Kier molecular flexibility index (Phi) is 7.62. The zero-order chi connectivity index (χ0) is 17.5. The number of hydrogen-bond acceptors (Lipinski definition) is 4. The van der Waals surface area contributed by atoms with Crippen molar-refractivity contribution in [1.29, 1.82) is 0 Å². The van der Waals surface area contributed by atoms with Crippen molar-refractivity contribution in [2.45, 2.75) is 19.4 Å². The lowest BCUT2D eigenvalue weighted by atomic mass is 10.3. The molecule has 134 valence electrons. The second kappa shape index (κ2) is 9.47. The van der Waals surface area contributed by atoms with E-state index in [9.17, 15) is 4.79 Å². The first-order chi connectivity index (χ1) is 11.5. The minimum Gasteiger partial charge on any atom is -0.479 e. The van der Waals surface area contributed by atoms with Gasteiger partial charge in [0.05, 0.1) is 5.02 Å². The van der Waals surface area contributed by atoms with Crippen molar-refractivity contribution < 1.29 is 9.53 Å². The molecular weight excluding hydrogens is 349 g/mol. The third-order valence-corrected chi connectivity index (χ3v) is 4.64. The van der Waals surface area contributed by atoms with Crippen molar-refractivity contribution in [3.05, 3.63) is 28.2 Å². The molecule has 0 bridgehead atoms. The maximum absolute atomic E-state index is 12.1. The van der Waals surface area contributed by atoms with E-state index in [0.717, 1.165) is 39.1 Å². The highest BCUT2D eigenvalue weighted by Gasteiger charge is 2.16. The van der Waals surface area contributed by atoms with Gasteiger partial charge in [-0.1, -0.05) is 23.2 Å². The summed E-state index contributed by atoms with van der Waals surface area (Å²) in [6.45, 7) is 7.77. The van der Waals surface area contributed by atoms with E-state index < -0.39 is 6.10 Å². The van der Waals surface area contributed by atoms with Gasteiger partial charge in [-0.2, -0.15) is 0 Å². The van der Waals surface area contributed by atoms with Gasteiger partial charge in [-0.25, -0.2) is 0 Å². The van der Waals surface area contributed by atoms with Crippen LogP contribution in [0.25, 0.3) is 0 Å². The quantitative estimate of drug-likeness (QED) is 0.745. The van der Waals surface area contributed by atoms with Crippen LogP contribution >= 0.6 is 23.2 Å². The maximum atomic E-state index is 12.1. The fourth-order valence-electron chi connectivity index (χ4n) is 2.54. The monoisotopic (exact) mass is 373 g/mol. The zero-order valence-corrected chi connectivity index (χ0v) is 15.7. The molecule has 0 aliphatic carbocycles. The average Bonchev–Trinajstić information content (AvgIpc) is 2.55. The number of halogens is 2. The molecule has 1 saturated heterocycles. The molecule has 24 heavy (non-hydrogen) atoms. The first-order valence-electron chi connectivity index (χ1n) is 8.26. The summed E-state index contributed by atoms with van der Waals surface area (Å²) in [6.07, 6.45) is 0.330. The number of amides is 1. The van der Waals surface area contributed by atoms with Crippen molar-refractivity contribution in [2.75, 3.05) is 46.3 Å². The van der Waals surface area contributed by atoms with Crippen molar-refractivity contribution in [3.63, 3.8) is 0 Å². The molecule has 2 rings (SSSR count). The van der Waals surface area contributed by atoms with E-state index in [-0.39, 0.29) is 5.91 Å². The smallest absolute Gasteiger partial charge is 0.260 e. The van der Waals surface area contributed by atoms with Crippen molar-refractivity contribution in [2.24, 2.45) is 0 Å². The average molecular weight is 374 g/mol. The van der Waals surface area contributed by atoms with Gasteiger partial charge in [0.1, 0.15) is 5.75 Å². The molecule has 1 amide bonds. The number of ether oxygens (including phenoxy) is 1. The number of rotatable bonds is 7. The first-order valence-corrected chi connectivity index (χ1v) is 9.01. The lowest BCUT2D eigenvalue weighted by Gasteiger charge is -2.32. The lowest BCUT2D eigenvalue weighted by molar-refractivity contribution is -0.127. The lowest BCUT2D eigenvalue weighted by Crippen LogP contribution is -2.45. The highest BCUT2D eigenvalue weighted by Crippen LogP contribution is 2.28. The van der Waals surface area contributed by atoms with E-state index in [0.29, 0.717) is 22.3 Å². The molecule has 0 radical (unpaired) electrons. The van der Waals surface area contributed by atoms with Gasteiger partial charge in [-0.15, -0.1) is 0 Å². The van der Waals surface area contributed by atoms with E-state index in [1.165, 1.54) is 0 Å². The summed E-state index contributed by atoms with van der Waals surface area (Å²) in [4.78, 5) is 16.9. The van der Waals surface area contributed by atoms with Crippen LogP contribution in [0, 0.1) is 0 Å². The maximum Gasteiger partial charge on any atom is 0.260 e. The number of hydrogen-bond donors (Lipinski definition) is 1. The Hall–Kier alpha value is -1.01. The number of nitrogens with one attached hydrogen (secondary N) is 1. The summed E-state index contributed by atoms with van der Waals surface area (Å²) in [5.41, 5.74) is 0. The molecule has 1 aliphatic heterocycles. The molecule has 7 heteroatoms. The van der Waals surface area contributed by atoms with Crippen LogP contribution < -0.4 is 10.1 Å². The largest absolute Gasteiger partial charge is 0.479 e. The summed E-state index contributed by atoms with van der Waals surface area (Å²) < 4.78 is 5.60. The molecule has 1 fully saturated rings. The van der Waals surface area contributed by atoms with Crippen LogP contribution in [-0.2, 0) is 4.79 Å². The molecule has 1 N–H and O–H groups in total. The Balaban J connectivity index is 1.66. The number of nitrogens with zero attached hydrogens (tertiary/aromatic N) is 2. The van der Waals surface area contributed by atoms with Gasteiger partial charge in [0.2, 0.25) is 0 Å². The Morgan fingerprint density at radius 1 is 1.29 bits per heavy atom. The van der Waals surface area contributed by atoms with Crippen LogP contribution in [0.15, 0.2) is 18.2 Å². The van der Waals surface area contributed by atoms with Crippen LogP contribution in [0.2, 0.25) is 10.0 Å². The number of likely N-dealkylation sites (N-methyl/N-ethyl adjacent to an activating group) is 1. The predicted octanol–water partition coefficient (Wildman–Crippen LogP) is 2.51. The van der Waals surface area contributed by atoms with E-state index in [4.69, 9.17) is 27.9 Å². The minimum atomic E-state index is -0.604. The van der Waals surface area contributed by atoms with Gasteiger partial charge >= 0.3 is 0 Å². The van der Waals surface area contributed by atoms with Crippen LogP contribution in [0.4, 0.5) is 0 Å². The summed E-state index contributed by atoms with van der Waals surface area (Å²) in [6, 6.07) is 4.95. The van der Waals surface area contributed by atoms with Gasteiger partial charge in [0, 0.05) is 37.7 Å². The second-order valence-corrected chi connectivity index (χ2v) is 6.97. The molecule has 1 heterocycles. The standard InChI is InChI=1S/C17H25Cl2N3O2/c1-13(24-16-5-4-14(18)12-15(16)19)17(23)20-6-3-7-22-10-8-21(2)9-11-22/h4-5,12-13H,3,6-11H2,1-2H3,(H,20,23). The molecule has 0 spiro atoms. The van der Waals surface area contributed by atoms with Gasteiger partial charge in [-0.3, -0.25) is 4.79 Å². The van der Waals surface area contributed by atoms with Crippen LogP contribution in [-0.4, -0.2) is 68.1 Å². The van der Waals surface area contributed by atoms with Gasteiger partial charge < -0.3 is 19.9 Å². The van der Waals surface area contributed by atoms with Crippen molar-refractivity contribution in [3.8, 4) is 5.75 Å². The van der Waals surface area contributed by atoms with Crippen molar-refractivity contribution >= 4 is 29.1 Å². The van der Waals surface area contributed by atoms with E-state index in [2.05, 4.69) is 22.2 Å². The zero-order valence-electron chi connectivity index (χ0n) is 14.2. The molecule has 1 aromatic rings. The third kappa shape index (κ3) is 6.13. The third-order valence-electron chi connectivity index (χ3n) is 4.11. The first kappa shape index (κ1) is 19.3. The molecule has 1 aliphatic rings. The summed E-state index contributed by atoms with van der Waals surface area (Å²) in [5, 5.41) is 3.85. The van der Waals surface area contributed by atoms with E-state index in [1.54, 1.807) is 25.1 Å². The van der Waals surface area contributed by atoms with Crippen LogP contribution in [0.1, 0.15) is 13.3 Å². The molecule has 1 unspecified atom stereocenters. The van der Waals surface area contributed by atoms with E-state index >= 15 is 0 Å². The topological polar surface area (TPSA) is 44.8 Å². The summed E-state index contributed by atoms with van der Waals surface area (Å²) in [7, 11) is 2.14. The Morgan fingerprint density at radius 2 is 2.00 bits per heavy atom. The molecular formula is C17H25Cl2N3O2. The van der Waals surface area contributed by atoms with Crippen LogP contribution in [0.5, 0.6) is 5.75 Å². The molecule has 0 saturated carbocycles. The van der Waals surface area contributed by atoms with Gasteiger partial charge in [0.25, 0.3) is 5.91 Å². The summed E-state index contributed by atoms with van der Waals surface area (Å²) in [5.74, 6) is 0.320. The highest BCUT2D eigenvalue weighted by atomic mass is 35.5. The Labute approximate surface area is 153 Å². The van der Waals surface area contributed by atoms with E-state index in [1.807, 2.05) is 0 Å². The number of benzene rings is 1. The molecule has 0 aromatic heterocycles. The SMILES string of the molecule is CC(Oc1ccc(Cl)cc1Cl)C(=O)NCCCN1CCN(C)CC1. The highest BCUT2D eigenvalue weighted by molar-refractivity contribution is 6.35. The van der Waals surface area contributed by atoms with Gasteiger partial charge in [-0.05, 0) is 45.1 Å². The van der Waals surface area contributed by atoms with Crippen molar-refractivity contribution in [1.82, 2.24) is 15.1 Å². The minimum absolute atomic E-state index is 0.139. The Bertz CT molecular complexity index is 549. The summed E-state index contributed by atoms with van der Waals surface area (Å²) >= 11 is 11.9.